The number of amides is 2. The van der Waals surface area contributed by atoms with Gasteiger partial charge in [-0.3, -0.25) is 5.43 Å². The van der Waals surface area contributed by atoms with Gasteiger partial charge in [-0.2, -0.15) is 0 Å². The van der Waals surface area contributed by atoms with E-state index in [1.165, 1.54) is 0 Å². The van der Waals surface area contributed by atoms with Gasteiger partial charge < -0.3 is 10.0 Å². The summed E-state index contributed by atoms with van der Waals surface area (Å²) in [5, 5.41) is 9.47. The summed E-state index contributed by atoms with van der Waals surface area (Å²) >= 11 is 0. The molecule has 0 aliphatic carbocycles. The maximum Gasteiger partial charge on any atom is 0.332 e. The molecule has 2 rings (SSSR count). The lowest BCUT2D eigenvalue weighted by atomic mass is 10.0. The predicted octanol–water partition coefficient (Wildman–Crippen LogP) is -0.443. The zero-order chi connectivity index (χ0) is 9.42. The summed E-state index contributed by atoms with van der Waals surface area (Å²) in [6.07, 6.45) is 3.15. The fraction of sp³-hybridized carbons (Fsp3) is 0.875. The van der Waals surface area contributed by atoms with Gasteiger partial charge in [0.2, 0.25) is 0 Å². The molecule has 5 heteroatoms. The summed E-state index contributed by atoms with van der Waals surface area (Å²) in [5.41, 5.74) is 2.16. The average Bonchev–Trinajstić information content (AvgIpc) is 2.37. The van der Waals surface area contributed by atoms with Crippen LogP contribution in [0, 0.1) is 0 Å². The molecule has 2 atom stereocenters. The molecule has 2 fully saturated rings. The maximum absolute atomic E-state index is 11.3. The standard InChI is InChI=1S/C8H15N3O2/c9-10-8(13)11-5-1-2-6(11)4-7(12)3-5/h5-7,12H,1-4,9H2,(H,10,13). The first kappa shape index (κ1) is 8.77. The number of aliphatic hydroxyl groups is 1. The normalized spacial score (nSPS) is 37.7. The molecule has 0 aromatic rings. The van der Waals surface area contributed by atoms with E-state index in [1.807, 2.05) is 0 Å². The van der Waals surface area contributed by atoms with Gasteiger partial charge >= 0.3 is 6.03 Å². The molecule has 2 aliphatic heterocycles. The van der Waals surface area contributed by atoms with Crippen LogP contribution in [0.25, 0.3) is 0 Å². The predicted molar refractivity (Wildman–Crippen MR) is 46.6 cm³/mol. The summed E-state index contributed by atoms with van der Waals surface area (Å²) in [4.78, 5) is 13.1. The molecule has 0 radical (unpaired) electrons. The molecule has 74 valence electrons. The van der Waals surface area contributed by atoms with Gasteiger partial charge in [0.15, 0.2) is 0 Å². The molecule has 2 bridgehead atoms. The first-order chi connectivity index (χ1) is 6.22. The lowest BCUT2D eigenvalue weighted by Gasteiger charge is -2.36. The van der Waals surface area contributed by atoms with Gasteiger partial charge in [-0.05, 0) is 25.7 Å². The smallest absolute Gasteiger partial charge is 0.332 e. The highest BCUT2D eigenvalue weighted by Gasteiger charge is 2.42. The highest BCUT2D eigenvalue weighted by molar-refractivity contribution is 5.74. The van der Waals surface area contributed by atoms with E-state index in [-0.39, 0.29) is 24.2 Å². The number of rotatable bonds is 0. The molecule has 0 saturated carbocycles. The van der Waals surface area contributed by atoms with E-state index < -0.39 is 0 Å². The molecule has 0 aromatic carbocycles. The Labute approximate surface area is 76.9 Å². The fourth-order valence-electron chi connectivity index (χ4n) is 2.55. The van der Waals surface area contributed by atoms with E-state index in [4.69, 9.17) is 5.84 Å². The third-order valence-electron chi connectivity index (χ3n) is 3.07. The molecule has 2 heterocycles. The van der Waals surface area contributed by atoms with Gasteiger partial charge in [0.05, 0.1) is 6.10 Å². The van der Waals surface area contributed by atoms with Gasteiger partial charge in [-0.25, -0.2) is 10.6 Å². The van der Waals surface area contributed by atoms with Gasteiger partial charge in [0, 0.05) is 12.1 Å². The number of hydrazine groups is 1. The van der Waals surface area contributed by atoms with Crippen molar-refractivity contribution >= 4 is 6.03 Å². The van der Waals surface area contributed by atoms with Crippen molar-refractivity contribution in [3.8, 4) is 0 Å². The van der Waals surface area contributed by atoms with E-state index >= 15 is 0 Å². The van der Waals surface area contributed by atoms with Crippen LogP contribution in [0.4, 0.5) is 4.79 Å². The SMILES string of the molecule is NNC(=O)N1C2CCC1CC(O)C2. The summed E-state index contributed by atoms with van der Waals surface area (Å²) < 4.78 is 0. The number of urea groups is 1. The molecular weight excluding hydrogens is 170 g/mol. The number of hydrogen-bond acceptors (Lipinski definition) is 3. The van der Waals surface area contributed by atoms with Crippen molar-refractivity contribution in [3.63, 3.8) is 0 Å². The van der Waals surface area contributed by atoms with Crippen LogP contribution in [0.5, 0.6) is 0 Å². The lowest BCUT2D eigenvalue weighted by molar-refractivity contribution is 0.0543. The van der Waals surface area contributed by atoms with E-state index in [0.29, 0.717) is 12.8 Å². The van der Waals surface area contributed by atoms with Crippen LogP contribution < -0.4 is 11.3 Å². The Morgan fingerprint density at radius 3 is 2.38 bits per heavy atom. The Kier molecular flexibility index (Phi) is 2.13. The van der Waals surface area contributed by atoms with Crippen molar-refractivity contribution in [2.45, 2.75) is 43.9 Å². The van der Waals surface area contributed by atoms with Gasteiger partial charge in [-0.15, -0.1) is 0 Å². The summed E-state index contributed by atoms with van der Waals surface area (Å²) in [7, 11) is 0. The number of fused-ring (bicyclic) bond motifs is 2. The van der Waals surface area contributed by atoms with Crippen molar-refractivity contribution in [1.82, 2.24) is 10.3 Å². The van der Waals surface area contributed by atoms with E-state index in [9.17, 15) is 9.90 Å². The second-order valence-corrected chi connectivity index (χ2v) is 3.87. The molecule has 13 heavy (non-hydrogen) atoms. The highest BCUT2D eigenvalue weighted by Crippen LogP contribution is 2.35. The average molecular weight is 185 g/mol. The Morgan fingerprint density at radius 2 is 1.92 bits per heavy atom. The zero-order valence-corrected chi connectivity index (χ0v) is 7.44. The van der Waals surface area contributed by atoms with Crippen molar-refractivity contribution in [1.29, 1.82) is 0 Å². The largest absolute Gasteiger partial charge is 0.393 e. The molecule has 0 aromatic heterocycles. The van der Waals surface area contributed by atoms with Crippen LogP contribution in [-0.4, -0.2) is 34.2 Å². The second-order valence-electron chi connectivity index (χ2n) is 3.87. The first-order valence-electron chi connectivity index (χ1n) is 4.69. The van der Waals surface area contributed by atoms with Gasteiger partial charge in [0.25, 0.3) is 0 Å². The van der Waals surface area contributed by atoms with Crippen molar-refractivity contribution in [2.75, 3.05) is 0 Å². The van der Waals surface area contributed by atoms with Gasteiger partial charge in [-0.1, -0.05) is 0 Å². The summed E-state index contributed by atoms with van der Waals surface area (Å²) in [5.74, 6) is 5.09. The highest BCUT2D eigenvalue weighted by atomic mass is 16.3. The van der Waals surface area contributed by atoms with Crippen LogP contribution in [0.2, 0.25) is 0 Å². The molecular formula is C8H15N3O2. The van der Waals surface area contributed by atoms with Crippen molar-refractivity contribution in [3.05, 3.63) is 0 Å². The third kappa shape index (κ3) is 1.38. The quantitative estimate of drug-likeness (QED) is 0.272. The zero-order valence-electron chi connectivity index (χ0n) is 7.44. The summed E-state index contributed by atoms with van der Waals surface area (Å²) in [6, 6.07) is 0.175. The molecule has 4 N–H and O–H groups in total. The third-order valence-corrected chi connectivity index (χ3v) is 3.07. The Bertz CT molecular complexity index is 207. The number of hydrogen-bond donors (Lipinski definition) is 3. The van der Waals surface area contributed by atoms with Crippen LogP contribution >= 0.6 is 0 Å². The van der Waals surface area contributed by atoms with Crippen molar-refractivity contribution in [2.24, 2.45) is 5.84 Å². The Morgan fingerprint density at radius 1 is 1.38 bits per heavy atom. The number of piperidine rings is 1. The molecule has 0 spiro atoms. The minimum absolute atomic E-state index is 0.192. The van der Waals surface area contributed by atoms with Crippen LogP contribution in [0.3, 0.4) is 0 Å². The monoisotopic (exact) mass is 185 g/mol. The molecule has 2 amide bonds. The molecule has 2 aliphatic rings. The Balaban J connectivity index is 2.10. The molecule has 2 saturated heterocycles. The number of carbonyl (C=O) groups is 1. The topological polar surface area (TPSA) is 78.6 Å². The fourth-order valence-corrected chi connectivity index (χ4v) is 2.55. The minimum atomic E-state index is -0.237. The van der Waals surface area contributed by atoms with E-state index in [2.05, 4.69) is 5.43 Å². The number of nitrogens with one attached hydrogen (secondary N) is 1. The first-order valence-corrected chi connectivity index (χ1v) is 4.69. The van der Waals surface area contributed by atoms with Crippen LogP contribution in [0.15, 0.2) is 0 Å². The van der Waals surface area contributed by atoms with Crippen LogP contribution in [0.1, 0.15) is 25.7 Å². The number of aliphatic hydroxyl groups excluding tert-OH is 1. The van der Waals surface area contributed by atoms with Crippen molar-refractivity contribution < 1.29 is 9.90 Å². The molecule has 2 unspecified atom stereocenters. The number of nitrogens with two attached hydrogens (primary N) is 1. The summed E-state index contributed by atoms with van der Waals surface area (Å²) in [6.45, 7) is 0. The number of nitrogens with zero attached hydrogens (tertiary/aromatic N) is 1. The maximum atomic E-state index is 11.3. The Hall–Kier alpha value is -0.810. The second kappa shape index (κ2) is 3.16. The minimum Gasteiger partial charge on any atom is -0.393 e. The van der Waals surface area contributed by atoms with Gasteiger partial charge in [0.1, 0.15) is 0 Å². The van der Waals surface area contributed by atoms with Crippen LogP contribution in [-0.2, 0) is 0 Å². The number of carbonyl (C=O) groups excluding carboxylic acids is 1. The molecule has 5 nitrogen and oxygen atoms in total. The lowest BCUT2D eigenvalue weighted by Crippen LogP contribution is -2.53. The van der Waals surface area contributed by atoms with E-state index in [1.54, 1.807) is 4.90 Å². The van der Waals surface area contributed by atoms with E-state index in [0.717, 1.165) is 12.8 Å².